The zero-order chi connectivity index (χ0) is 14.3. The molecule has 0 atom stereocenters. The zero-order valence-electron chi connectivity index (χ0n) is 12.6. The number of hydrogen-bond donors (Lipinski definition) is 3. The van der Waals surface area contributed by atoms with Crippen LogP contribution in [0.4, 0.5) is 0 Å². The molecule has 0 unspecified atom stereocenters. The number of rotatable bonds is 6. The van der Waals surface area contributed by atoms with E-state index in [-0.39, 0.29) is 24.0 Å². The lowest BCUT2D eigenvalue weighted by molar-refractivity contribution is 0.0574. The molecule has 3 N–H and O–H groups in total. The molecule has 6 heteroatoms. The molecule has 120 valence electrons. The Morgan fingerprint density at radius 2 is 2.14 bits per heavy atom. The molecule has 1 aliphatic carbocycles. The van der Waals surface area contributed by atoms with E-state index in [1.807, 2.05) is 19.1 Å². The van der Waals surface area contributed by atoms with E-state index in [1.165, 1.54) is 0 Å². The molecule has 2 rings (SSSR count). The fraction of sp³-hybridized carbons (Fsp3) is 0.667. The van der Waals surface area contributed by atoms with Gasteiger partial charge in [-0.05, 0) is 31.9 Å². The van der Waals surface area contributed by atoms with Crippen LogP contribution in [0, 0.1) is 0 Å². The van der Waals surface area contributed by atoms with Gasteiger partial charge in [-0.15, -0.1) is 24.0 Å². The number of nitrogens with zero attached hydrogens (tertiary/aromatic N) is 1. The Balaban J connectivity index is 0.00000220. The second kappa shape index (κ2) is 9.30. The highest BCUT2D eigenvalue weighted by Crippen LogP contribution is 2.29. The fourth-order valence-electron chi connectivity index (χ4n) is 2.52. The van der Waals surface area contributed by atoms with E-state index in [2.05, 4.69) is 15.6 Å². The largest absolute Gasteiger partial charge is 0.469 e. The van der Waals surface area contributed by atoms with Gasteiger partial charge in [-0.2, -0.15) is 0 Å². The van der Waals surface area contributed by atoms with Crippen molar-refractivity contribution in [1.82, 2.24) is 10.6 Å². The summed E-state index contributed by atoms with van der Waals surface area (Å²) in [6.07, 6.45) is 6.44. The summed E-state index contributed by atoms with van der Waals surface area (Å²) < 4.78 is 5.29. The SMILES string of the molecule is CCNC(=NCC1(O)CCCC1)NCCc1ccco1.I. The molecule has 1 saturated carbocycles. The molecule has 0 bridgehead atoms. The molecule has 0 spiro atoms. The van der Waals surface area contributed by atoms with Crippen LogP contribution in [0.15, 0.2) is 27.8 Å². The first-order valence-electron chi connectivity index (χ1n) is 7.49. The van der Waals surface area contributed by atoms with Crippen LogP contribution in [-0.4, -0.2) is 36.3 Å². The highest BCUT2D eigenvalue weighted by molar-refractivity contribution is 14.0. The van der Waals surface area contributed by atoms with Crippen LogP contribution in [0.25, 0.3) is 0 Å². The van der Waals surface area contributed by atoms with Gasteiger partial charge in [-0.25, -0.2) is 0 Å². The Morgan fingerprint density at radius 3 is 2.76 bits per heavy atom. The summed E-state index contributed by atoms with van der Waals surface area (Å²) in [7, 11) is 0. The summed E-state index contributed by atoms with van der Waals surface area (Å²) in [5.41, 5.74) is -0.594. The number of furan rings is 1. The van der Waals surface area contributed by atoms with Gasteiger partial charge in [0.15, 0.2) is 5.96 Å². The predicted molar refractivity (Wildman–Crippen MR) is 95.2 cm³/mol. The first-order valence-corrected chi connectivity index (χ1v) is 7.49. The molecule has 0 radical (unpaired) electrons. The Labute approximate surface area is 143 Å². The highest BCUT2D eigenvalue weighted by Gasteiger charge is 2.30. The summed E-state index contributed by atoms with van der Waals surface area (Å²) in [4.78, 5) is 4.50. The number of guanidine groups is 1. The molecular weight excluding hydrogens is 381 g/mol. The van der Waals surface area contributed by atoms with Gasteiger partial charge in [0.05, 0.1) is 18.4 Å². The second-order valence-electron chi connectivity index (χ2n) is 5.38. The molecule has 1 heterocycles. The summed E-state index contributed by atoms with van der Waals surface area (Å²) in [5.74, 6) is 1.72. The van der Waals surface area contributed by atoms with Gasteiger partial charge in [0.25, 0.3) is 0 Å². The minimum atomic E-state index is -0.594. The van der Waals surface area contributed by atoms with Crippen LogP contribution in [-0.2, 0) is 6.42 Å². The van der Waals surface area contributed by atoms with Crippen molar-refractivity contribution in [2.75, 3.05) is 19.6 Å². The zero-order valence-corrected chi connectivity index (χ0v) is 14.9. The van der Waals surface area contributed by atoms with Crippen LogP contribution in [0.3, 0.4) is 0 Å². The third-order valence-electron chi connectivity index (χ3n) is 3.65. The van der Waals surface area contributed by atoms with Gasteiger partial charge >= 0.3 is 0 Å². The highest BCUT2D eigenvalue weighted by atomic mass is 127. The van der Waals surface area contributed by atoms with Gasteiger partial charge in [0.1, 0.15) is 5.76 Å². The van der Waals surface area contributed by atoms with Crippen molar-refractivity contribution >= 4 is 29.9 Å². The summed E-state index contributed by atoms with van der Waals surface area (Å²) in [5, 5.41) is 16.8. The van der Waals surface area contributed by atoms with Crippen molar-refractivity contribution in [3.8, 4) is 0 Å². The van der Waals surface area contributed by atoms with E-state index in [4.69, 9.17) is 4.42 Å². The predicted octanol–water partition coefficient (Wildman–Crippen LogP) is 2.30. The van der Waals surface area contributed by atoms with Gasteiger partial charge in [-0.3, -0.25) is 4.99 Å². The number of nitrogens with one attached hydrogen (secondary N) is 2. The van der Waals surface area contributed by atoms with Crippen LogP contribution >= 0.6 is 24.0 Å². The molecule has 21 heavy (non-hydrogen) atoms. The maximum absolute atomic E-state index is 10.3. The monoisotopic (exact) mass is 407 g/mol. The molecule has 0 amide bonds. The van der Waals surface area contributed by atoms with Gasteiger partial charge in [0, 0.05) is 19.5 Å². The lowest BCUT2D eigenvalue weighted by atomic mass is 10.0. The normalized spacial score (nSPS) is 17.3. The van der Waals surface area contributed by atoms with Gasteiger partial charge in [-0.1, -0.05) is 12.8 Å². The smallest absolute Gasteiger partial charge is 0.191 e. The molecule has 0 aromatic carbocycles. The van der Waals surface area contributed by atoms with Crippen molar-refractivity contribution in [1.29, 1.82) is 0 Å². The Hall–Kier alpha value is -0.760. The van der Waals surface area contributed by atoms with E-state index < -0.39 is 5.60 Å². The van der Waals surface area contributed by atoms with Crippen LogP contribution in [0.5, 0.6) is 0 Å². The topological polar surface area (TPSA) is 69.8 Å². The van der Waals surface area contributed by atoms with Gasteiger partial charge < -0.3 is 20.2 Å². The van der Waals surface area contributed by atoms with Crippen LogP contribution < -0.4 is 10.6 Å². The Morgan fingerprint density at radius 1 is 1.38 bits per heavy atom. The van der Waals surface area contributed by atoms with Crippen molar-refractivity contribution in [2.24, 2.45) is 4.99 Å². The first-order chi connectivity index (χ1) is 9.72. The van der Waals surface area contributed by atoms with Crippen LogP contribution in [0.2, 0.25) is 0 Å². The van der Waals surface area contributed by atoms with E-state index in [9.17, 15) is 5.11 Å². The summed E-state index contributed by atoms with van der Waals surface area (Å²) in [6.45, 7) is 4.08. The molecular formula is C15H26IN3O2. The standard InChI is InChI=1S/C15H25N3O2.HI/c1-2-16-14(17-10-7-13-6-5-11-20-13)18-12-15(19)8-3-4-9-15;/h5-6,11,19H,2-4,7-10,12H2,1H3,(H2,16,17,18);1H. The minimum Gasteiger partial charge on any atom is -0.469 e. The van der Waals surface area contributed by atoms with Crippen molar-refractivity contribution in [3.63, 3.8) is 0 Å². The Bertz CT molecular complexity index is 415. The average Bonchev–Trinajstić information content (AvgIpc) is 3.08. The van der Waals surface area contributed by atoms with Crippen molar-refractivity contribution < 1.29 is 9.52 Å². The number of hydrogen-bond acceptors (Lipinski definition) is 3. The minimum absolute atomic E-state index is 0. The van der Waals surface area contributed by atoms with E-state index in [1.54, 1.807) is 6.26 Å². The number of aliphatic hydroxyl groups is 1. The molecule has 1 aliphatic rings. The lowest BCUT2D eigenvalue weighted by Gasteiger charge is -2.20. The number of aliphatic imine (C=N–C) groups is 1. The summed E-state index contributed by atoms with van der Waals surface area (Å²) in [6, 6.07) is 3.86. The van der Waals surface area contributed by atoms with Crippen molar-refractivity contribution in [3.05, 3.63) is 24.2 Å². The molecule has 1 aromatic heterocycles. The lowest BCUT2D eigenvalue weighted by Crippen LogP contribution is -2.40. The van der Waals surface area contributed by atoms with Gasteiger partial charge in [0.2, 0.25) is 0 Å². The Kier molecular flexibility index (Phi) is 8.10. The third kappa shape index (κ3) is 6.25. The second-order valence-corrected chi connectivity index (χ2v) is 5.38. The third-order valence-corrected chi connectivity index (χ3v) is 3.65. The molecule has 0 saturated heterocycles. The maximum atomic E-state index is 10.3. The van der Waals surface area contributed by atoms with E-state index in [0.29, 0.717) is 6.54 Å². The van der Waals surface area contributed by atoms with E-state index >= 15 is 0 Å². The molecule has 0 aliphatic heterocycles. The van der Waals surface area contributed by atoms with E-state index in [0.717, 1.165) is 56.9 Å². The first kappa shape index (κ1) is 18.3. The average molecular weight is 407 g/mol. The van der Waals surface area contributed by atoms with Crippen LogP contribution in [0.1, 0.15) is 38.4 Å². The van der Waals surface area contributed by atoms with Crippen molar-refractivity contribution in [2.45, 2.75) is 44.6 Å². The molecule has 5 nitrogen and oxygen atoms in total. The molecule has 1 aromatic rings. The quantitative estimate of drug-likeness (QED) is 0.385. The maximum Gasteiger partial charge on any atom is 0.191 e. The summed E-state index contributed by atoms with van der Waals surface area (Å²) >= 11 is 0. The fourth-order valence-corrected chi connectivity index (χ4v) is 2.52. The number of halogens is 1. The molecule has 1 fully saturated rings.